The van der Waals surface area contributed by atoms with Gasteiger partial charge in [0.05, 0.1) is 5.54 Å². The van der Waals surface area contributed by atoms with Crippen LogP contribution in [0.2, 0.25) is 0 Å². The van der Waals surface area contributed by atoms with E-state index in [9.17, 15) is 4.79 Å². The molecule has 0 radical (unpaired) electrons. The molecule has 3 N–H and O–H groups in total. The molecule has 0 aromatic carbocycles. The topological polar surface area (TPSA) is 61.6 Å². The van der Waals surface area contributed by atoms with Gasteiger partial charge in [0.1, 0.15) is 0 Å². The number of amides is 1. The molecule has 0 spiro atoms. The first-order valence-corrected chi connectivity index (χ1v) is 8.06. The van der Waals surface area contributed by atoms with Crippen molar-refractivity contribution >= 4 is 5.91 Å². The number of hydrogen-bond acceptors (Lipinski definition) is 4. The second kappa shape index (κ2) is 6.87. The Morgan fingerprint density at radius 1 is 1.35 bits per heavy atom. The fourth-order valence-electron chi connectivity index (χ4n) is 3.56. The van der Waals surface area contributed by atoms with Gasteiger partial charge in [0, 0.05) is 19.1 Å². The van der Waals surface area contributed by atoms with Crippen LogP contribution in [0.3, 0.4) is 0 Å². The second-order valence-electron chi connectivity index (χ2n) is 6.46. The summed E-state index contributed by atoms with van der Waals surface area (Å²) in [5.74, 6) is -0.239. The second-order valence-corrected chi connectivity index (χ2v) is 6.46. The summed E-state index contributed by atoms with van der Waals surface area (Å²) in [4.78, 5) is 16.8. The quantitative estimate of drug-likeness (QED) is 0.740. The van der Waals surface area contributed by atoms with E-state index < -0.39 is 5.54 Å². The van der Waals surface area contributed by atoms with Crippen molar-refractivity contribution in [3.63, 3.8) is 0 Å². The van der Waals surface area contributed by atoms with Gasteiger partial charge in [0.25, 0.3) is 0 Å². The highest BCUT2D eigenvalue weighted by Gasteiger charge is 2.32. The predicted molar refractivity (Wildman–Crippen MR) is 81.5 cm³/mol. The zero-order valence-corrected chi connectivity index (χ0v) is 13.0. The standard InChI is InChI=1S/C15H30N4O/c1-3-17-15(2,14(16)20)7-11-18-8-5-10-19-9-4-6-13(19)12-18/h13,17H,3-12H2,1-2H3,(H2,16,20). The summed E-state index contributed by atoms with van der Waals surface area (Å²) in [7, 11) is 0. The van der Waals surface area contributed by atoms with Gasteiger partial charge < -0.3 is 16.0 Å². The molecule has 0 aromatic heterocycles. The fraction of sp³-hybridized carbons (Fsp3) is 0.933. The Morgan fingerprint density at radius 3 is 2.80 bits per heavy atom. The van der Waals surface area contributed by atoms with Crippen LogP contribution >= 0.6 is 0 Å². The summed E-state index contributed by atoms with van der Waals surface area (Å²) in [6, 6.07) is 0.733. The van der Waals surface area contributed by atoms with Crippen LogP contribution in [-0.4, -0.2) is 66.6 Å². The van der Waals surface area contributed by atoms with Crippen molar-refractivity contribution < 1.29 is 4.79 Å². The third-order valence-electron chi connectivity index (χ3n) is 4.93. The zero-order chi connectivity index (χ0) is 14.6. The van der Waals surface area contributed by atoms with Crippen LogP contribution in [0.5, 0.6) is 0 Å². The lowest BCUT2D eigenvalue weighted by molar-refractivity contribution is -0.124. The first-order chi connectivity index (χ1) is 9.55. The lowest BCUT2D eigenvalue weighted by Crippen LogP contribution is -2.54. The minimum atomic E-state index is -0.573. The van der Waals surface area contributed by atoms with E-state index in [1.807, 2.05) is 13.8 Å². The highest BCUT2D eigenvalue weighted by molar-refractivity contribution is 5.84. The Bertz CT molecular complexity index is 336. The summed E-state index contributed by atoms with van der Waals surface area (Å²) in [6.07, 6.45) is 4.71. The molecule has 5 nitrogen and oxygen atoms in total. The Morgan fingerprint density at radius 2 is 2.10 bits per heavy atom. The number of rotatable bonds is 6. The molecule has 2 atom stereocenters. The van der Waals surface area contributed by atoms with Crippen LogP contribution in [-0.2, 0) is 4.79 Å². The molecule has 2 fully saturated rings. The molecule has 116 valence electrons. The maximum atomic E-state index is 11.7. The summed E-state index contributed by atoms with van der Waals surface area (Å²) in [5.41, 5.74) is 4.99. The molecule has 2 unspecified atom stereocenters. The molecule has 0 bridgehead atoms. The van der Waals surface area contributed by atoms with Gasteiger partial charge in [-0.05, 0) is 58.8 Å². The molecule has 1 amide bonds. The number of fused-ring (bicyclic) bond motifs is 1. The third kappa shape index (κ3) is 3.71. The summed E-state index contributed by atoms with van der Waals surface area (Å²) in [5, 5.41) is 3.25. The smallest absolute Gasteiger partial charge is 0.237 e. The van der Waals surface area contributed by atoms with Crippen LogP contribution in [0.4, 0.5) is 0 Å². The molecule has 20 heavy (non-hydrogen) atoms. The van der Waals surface area contributed by atoms with Gasteiger partial charge >= 0.3 is 0 Å². The maximum Gasteiger partial charge on any atom is 0.237 e. The van der Waals surface area contributed by atoms with Crippen LogP contribution in [0.15, 0.2) is 0 Å². The monoisotopic (exact) mass is 282 g/mol. The summed E-state index contributed by atoms with van der Waals surface area (Å²) in [6.45, 7) is 10.5. The number of likely N-dealkylation sites (N-methyl/N-ethyl adjacent to an activating group) is 1. The summed E-state index contributed by atoms with van der Waals surface area (Å²) < 4.78 is 0. The number of carbonyl (C=O) groups is 1. The Balaban J connectivity index is 1.87. The Kier molecular flexibility index (Phi) is 5.41. The van der Waals surface area contributed by atoms with Crippen molar-refractivity contribution in [1.29, 1.82) is 0 Å². The molecule has 0 aromatic rings. The number of carbonyl (C=O) groups excluding carboxylic acids is 1. The molecule has 2 aliphatic heterocycles. The van der Waals surface area contributed by atoms with Gasteiger partial charge in [-0.15, -0.1) is 0 Å². The van der Waals surface area contributed by atoms with Gasteiger partial charge in [-0.2, -0.15) is 0 Å². The SMILES string of the molecule is CCNC(C)(CCN1CCCN2CCCC2C1)C(N)=O. The maximum absolute atomic E-state index is 11.7. The number of hydrogen-bond donors (Lipinski definition) is 2. The van der Waals surface area contributed by atoms with Crippen LogP contribution in [0.1, 0.15) is 39.5 Å². The first-order valence-electron chi connectivity index (χ1n) is 8.06. The molecule has 2 saturated heterocycles. The first kappa shape index (κ1) is 15.7. The lowest BCUT2D eigenvalue weighted by atomic mass is 9.96. The molecule has 0 aliphatic carbocycles. The molecule has 0 saturated carbocycles. The van der Waals surface area contributed by atoms with Gasteiger partial charge in [0.15, 0.2) is 0 Å². The van der Waals surface area contributed by atoms with E-state index in [1.54, 1.807) is 0 Å². The molecule has 2 aliphatic rings. The Hall–Kier alpha value is -0.650. The van der Waals surface area contributed by atoms with Crippen molar-refractivity contribution in [3.8, 4) is 0 Å². The lowest BCUT2D eigenvalue weighted by Gasteiger charge is -2.31. The average molecular weight is 282 g/mol. The number of nitrogens with one attached hydrogen (secondary N) is 1. The average Bonchev–Trinajstić information content (AvgIpc) is 2.75. The van der Waals surface area contributed by atoms with Gasteiger partial charge in [-0.25, -0.2) is 0 Å². The van der Waals surface area contributed by atoms with Crippen molar-refractivity contribution in [2.24, 2.45) is 5.73 Å². The van der Waals surface area contributed by atoms with Crippen molar-refractivity contribution in [1.82, 2.24) is 15.1 Å². The number of nitrogens with zero attached hydrogens (tertiary/aromatic N) is 2. The number of nitrogens with two attached hydrogens (primary N) is 1. The van der Waals surface area contributed by atoms with Crippen molar-refractivity contribution in [3.05, 3.63) is 0 Å². The third-order valence-corrected chi connectivity index (χ3v) is 4.93. The molecule has 5 heteroatoms. The molecule has 2 rings (SSSR count). The summed E-state index contributed by atoms with van der Waals surface area (Å²) >= 11 is 0. The van der Waals surface area contributed by atoms with Crippen molar-refractivity contribution in [2.45, 2.75) is 51.1 Å². The van der Waals surface area contributed by atoms with E-state index in [-0.39, 0.29) is 5.91 Å². The van der Waals surface area contributed by atoms with Gasteiger partial charge in [-0.3, -0.25) is 9.69 Å². The van der Waals surface area contributed by atoms with E-state index in [4.69, 9.17) is 5.73 Å². The zero-order valence-electron chi connectivity index (χ0n) is 13.0. The van der Waals surface area contributed by atoms with E-state index in [1.165, 1.54) is 32.4 Å². The fourth-order valence-corrected chi connectivity index (χ4v) is 3.56. The van der Waals surface area contributed by atoms with Crippen molar-refractivity contribution in [2.75, 3.05) is 39.3 Å². The molecule has 2 heterocycles. The minimum Gasteiger partial charge on any atom is -0.368 e. The van der Waals surface area contributed by atoms with Crippen LogP contribution in [0, 0.1) is 0 Å². The molecular weight excluding hydrogens is 252 g/mol. The van der Waals surface area contributed by atoms with Crippen LogP contribution in [0.25, 0.3) is 0 Å². The Labute approximate surface area is 122 Å². The largest absolute Gasteiger partial charge is 0.368 e. The van der Waals surface area contributed by atoms with Gasteiger partial charge in [0.2, 0.25) is 5.91 Å². The van der Waals surface area contributed by atoms with E-state index in [0.717, 1.165) is 38.6 Å². The van der Waals surface area contributed by atoms with E-state index >= 15 is 0 Å². The predicted octanol–water partition coefficient (Wildman–Crippen LogP) is 0.400. The van der Waals surface area contributed by atoms with E-state index in [2.05, 4.69) is 15.1 Å². The van der Waals surface area contributed by atoms with E-state index in [0.29, 0.717) is 0 Å². The minimum absolute atomic E-state index is 0.239. The van der Waals surface area contributed by atoms with Crippen LogP contribution < -0.4 is 11.1 Å². The normalized spacial score (nSPS) is 27.8. The van der Waals surface area contributed by atoms with Gasteiger partial charge in [-0.1, -0.05) is 6.92 Å². The molecular formula is C15H30N4O. The highest BCUT2D eigenvalue weighted by Crippen LogP contribution is 2.22. The number of primary amides is 1. The highest BCUT2D eigenvalue weighted by atomic mass is 16.1.